The lowest BCUT2D eigenvalue weighted by Crippen LogP contribution is -2.51. The van der Waals surface area contributed by atoms with Crippen LogP contribution in [0.25, 0.3) is 0 Å². The fourth-order valence-corrected chi connectivity index (χ4v) is 10.3. The molecular weight excluding hydrogens is 474 g/mol. The number of allylic oxidation sites excluding steroid dienone is 1. The largest absolute Gasteiger partial charge is 0.446 e. The van der Waals surface area contributed by atoms with Crippen LogP contribution in [0.2, 0.25) is 0 Å². The third-order valence-electron chi connectivity index (χ3n) is 12.4. The van der Waals surface area contributed by atoms with Crippen LogP contribution >= 0.6 is 0 Å². The minimum absolute atomic E-state index is 0.0909. The first-order valence-electron chi connectivity index (χ1n) is 16.0. The van der Waals surface area contributed by atoms with E-state index in [2.05, 4.69) is 40.7 Å². The zero-order chi connectivity index (χ0) is 27.2. The molecule has 0 aromatic rings. The second-order valence-electron chi connectivity index (χ2n) is 14.9. The van der Waals surface area contributed by atoms with Crippen LogP contribution in [-0.2, 0) is 4.74 Å². The fourth-order valence-electron chi connectivity index (χ4n) is 10.3. The van der Waals surface area contributed by atoms with Gasteiger partial charge in [-0.25, -0.2) is 4.79 Å². The maximum absolute atomic E-state index is 12.9. The van der Waals surface area contributed by atoms with Crippen molar-refractivity contribution >= 4 is 6.09 Å². The van der Waals surface area contributed by atoms with E-state index in [0.29, 0.717) is 11.8 Å². The molecule has 3 saturated carbocycles. The molecule has 5 rings (SSSR count). The van der Waals surface area contributed by atoms with Crippen molar-refractivity contribution in [2.75, 3.05) is 13.2 Å². The van der Waals surface area contributed by atoms with Gasteiger partial charge in [-0.05, 0) is 97.7 Å². The molecule has 10 atom stereocenters. The van der Waals surface area contributed by atoms with Gasteiger partial charge in [0.25, 0.3) is 0 Å². The summed E-state index contributed by atoms with van der Waals surface area (Å²) in [6.45, 7) is 12.6. The van der Waals surface area contributed by atoms with Gasteiger partial charge in [-0.3, -0.25) is 0 Å². The van der Waals surface area contributed by atoms with Gasteiger partial charge in [-0.2, -0.15) is 0 Å². The molecule has 1 amide bonds. The third-order valence-corrected chi connectivity index (χ3v) is 12.4. The number of carbonyl (C=O) groups excluding carboxylic acids is 1. The van der Waals surface area contributed by atoms with E-state index < -0.39 is 6.10 Å². The van der Waals surface area contributed by atoms with Crippen molar-refractivity contribution in [3.05, 3.63) is 11.6 Å². The number of aliphatic hydroxyl groups excluding tert-OH is 2. The Hall–Kier alpha value is -1.07. The minimum Gasteiger partial charge on any atom is -0.446 e. The highest BCUT2D eigenvalue weighted by molar-refractivity contribution is 5.69. The molecule has 0 aromatic carbocycles. The van der Waals surface area contributed by atoms with Gasteiger partial charge in [0.1, 0.15) is 6.10 Å². The summed E-state index contributed by atoms with van der Waals surface area (Å²) in [5, 5.41) is 19.6. The summed E-state index contributed by atoms with van der Waals surface area (Å²) in [7, 11) is 0. The summed E-state index contributed by atoms with van der Waals surface area (Å²) in [5.41, 5.74) is 2.28. The van der Waals surface area contributed by atoms with Gasteiger partial charge in [0.2, 0.25) is 0 Å². The number of β-amino-alcohol motifs (C(OH)–C–C–N with tert-alkyl or cyclic N) is 1. The van der Waals surface area contributed by atoms with Crippen molar-refractivity contribution in [1.29, 1.82) is 0 Å². The van der Waals surface area contributed by atoms with Crippen LogP contribution in [0.5, 0.6) is 0 Å². The lowest BCUT2D eigenvalue weighted by atomic mass is 9.47. The maximum atomic E-state index is 12.9. The van der Waals surface area contributed by atoms with Crippen molar-refractivity contribution in [3.8, 4) is 0 Å². The number of likely N-dealkylation sites (tertiary alicyclic amines) is 1. The molecule has 4 fully saturated rings. The van der Waals surface area contributed by atoms with E-state index in [0.717, 1.165) is 54.8 Å². The lowest BCUT2D eigenvalue weighted by Gasteiger charge is -2.58. The topological polar surface area (TPSA) is 70.0 Å². The Bertz CT molecular complexity index is 886. The van der Waals surface area contributed by atoms with Crippen LogP contribution in [0.4, 0.5) is 4.79 Å². The van der Waals surface area contributed by atoms with E-state index in [1.165, 1.54) is 61.8 Å². The number of hydrogen-bond donors (Lipinski definition) is 2. The summed E-state index contributed by atoms with van der Waals surface area (Å²) in [4.78, 5) is 14.4. The average Bonchev–Trinajstić information content (AvgIpc) is 3.43. The third kappa shape index (κ3) is 5.08. The molecule has 5 aliphatic rings. The number of fused-ring (bicyclic) bond motifs is 5. The molecule has 38 heavy (non-hydrogen) atoms. The van der Waals surface area contributed by atoms with E-state index in [-0.39, 0.29) is 36.8 Å². The number of aliphatic hydroxyl groups is 2. The Balaban J connectivity index is 1.23. The first-order chi connectivity index (χ1) is 18.1. The van der Waals surface area contributed by atoms with Crippen LogP contribution in [0, 0.1) is 46.3 Å². The maximum Gasteiger partial charge on any atom is 0.410 e. The summed E-state index contributed by atoms with van der Waals surface area (Å²) in [6, 6.07) is -0.328. The molecule has 0 radical (unpaired) electrons. The van der Waals surface area contributed by atoms with Crippen LogP contribution in [0.1, 0.15) is 112 Å². The Morgan fingerprint density at radius 3 is 2.63 bits per heavy atom. The van der Waals surface area contributed by atoms with E-state index in [4.69, 9.17) is 4.74 Å². The molecule has 1 aliphatic heterocycles. The Kier molecular flexibility index (Phi) is 8.29. The van der Waals surface area contributed by atoms with Crippen molar-refractivity contribution in [2.45, 2.75) is 130 Å². The monoisotopic (exact) mass is 529 g/mol. The fraction of sp³-hybridized carbons (Fsp3) is 0.909. The molecule has 1 saturated heterocycles. The van der Waals surface area contributed by atoms with E-state index in [1.807, 2.05) is 0 Å². The SMILES string of the molecule is CC(C)CCC[C@@H](C)[C@H]1CC[C@H]2[C@@H]3CC=C4C[C@@H](OC(=O)N5C[C@H](O)C[C@H]5CO)CC[C@]4(C)[C@H]3CC[C@]12C. The van der Waals surface area contributed by atoms with Gasteiger partial charge in [-0.15, -0.1) is 0 Å². The predicted molar refractivity (Wildman–Crippen MR) is 152 cm³/mol. The molecule has 4 aliphatic carbocycles. The standard InChI is InChI=1S/C33H55NO4/c1-21(2)7-6-8-22(3)28-11-12-29-27-10-9-23-17-26(38-31(37)34-19-25(36)18-24(34)20-35)13-15-32(23,4)30(27)14-16-33(28,29)5/h9,21-22,24-30,35-36H,6-8,10-20H2,1-5H3/t22-,24+,25-,26+,27+,28-,29+,30+,32+,33-/m1/s1. The minimum atomic E-state index is -0.567. The molecule has 5 nitrogen and oxygen atoms in total. The molecule has 5 heteroatoms. The van der Waals surface area contributed by atoms with Gasteiger partial charge in [0, 0.05) is 6.42 Å². The van der Waals surface area contributed by atoms with Crippen LogP contribution in [-0.4, -0.2) is 52.6 Å². The smallest absolute Gasteiger partial charge is 0.410 e. The number of rotatable bonds is 7. The molecule has 0 bridgehead atoms. The van der Waals surface area contributed by atoms with Crippen molar-refractivity contribution in [3.63, 3.8) is 0 Å². The Morgan fingerprint density at radius 1 is 1.11 bits per heavy atom. The number of ether oxygens (including phenoxy) is 1. The predicted octanol–water partition coefficient (Wildman–Crippen LogP) is 6.96. The molecule has 216 valence electrons. The van der Waals surface area contributed by atoms with Gasteiger partial charge >= 0.3 is 6.09 Å². The average molecular weight is 530 g/mol. The Labute approximate surface area is 231 Å². The molecule has 0 unspecified atom stereocenters. The second-order valence-corrected chi connectivity index (χ2v) is 14.9. The molecular formula is C33H55NO4. The van der Waals surface area contributed by atoms with Gasteiger partial charge in [0.05, 0.1) is 25.3 Å². The van der Waals surface area contributed by atoms with E-state index >= 15 is 0 Å². The lowest BCUT2D eigenvalue weighted by molar-refractivity contribution is -0.0596. The summed E-state index contributed by atoms with van der Waals surface area (Å²) >= 11 is 0. The highest BCUT2D eigenvalue weighted by atomic mass is 16.6. The molecule has 0 spiro atoms. The van der Waals surface area contributed by atoms with Gasteiger partial charge in [0.15, 0.2) is 0 Å². The molecule has 0 aromatic heterocycles. The number of amides is 1. The van der Waals surface area contributed by atoms with E-state index in [1.54, 1.807) is 0 Å². The van der Waals surface area contributed by atoms with Crippen molar-refractivity contribution < 1.29 is 19.7 Å². The van der Waals surface area contributed by atoms with Crippen LogP contribution in [0.3, 0.4) is 0 Å². The zero-order valence-corrected chi connectivity index (χ0v) is 24.8. The number of carbonyl (C=O) groups is 1. The number of nitrogens with zero attached hydrogens (tertiary/aromatic N) is 1. The van der Waals surface area contributed by atoms with E-state index in [9.17, 15) is 15.0 Å². The molecule has 2 N–H and O–H groups in total. The molecule has 1 heterocycles. The van der Waals surface area contributed by atoms with Gasteiger partial charge in [-0.1, -0.05) is 65.5 Å². The van der Waals surface area contributed by atoms with Gasteiger partial charge < -0.3 is 19.8 Å². The van der Waals surface area contributed by atoms with Crippen LogP contribution in [0.15, 0.2) is 11.6 Å². The second kappa shape index (κ2) is 11.1. The zero-order valence-electron chi connectivity index (χ0n) is 24.8. The van der Waals surface area contributed by atoms with Crippen LogP contribution < -0.4 is 0 Å². The highest BCUT2D eigenvalue weighted by Crippen LogP contribution is 2.67. The summed E-state index contributed by atoms with van der Waals surface area (Å²) < 4.78 is 5.98. The highest BCUT2D eigenvalue weighted by Gasteiger charge is 2.59. The Morgan fingerprint density at radius 2 is 1.89 bits per heavy atom. The summed E-state index contributed by atoms with van der Waals surface area (Å²) in [6.07, 6.45) is 15.8. The number of hydrogen-bond acceptors (Lipinski definition) is 4. The van der Waals surface area contributed by atoms with Crippen molar-refractivity contribution in [1.82, 2.24) is 4.90 Å². The van der Waals surface area contributed by atoms with Crippen molar-refractivity contribution in [2.24, 2.45) is 46.3 Å². The summed E-state index contributed by atoms with van der Waals surface area (Å²) in [5.74, 6) is 4.99. The first-order valence-corrected chi connectivity index (χ1v) is 16.0. The first kappa shape index (κ1) is 28.5. The normalized spacial score (nSPS) is 43.3. The quantitative estimate of drug-likeness (QED) is 0.350.